The maximum absolute atomic E-state index is 11.6. The lowest BCUT2D eigenvalue weighted by molar-refractivity contribution is -0.143. The van der Waals surface area contributed by atoms with E-state index in [1.54, 1.807) is 6.92 Å². The maximum atomic E-state index is 11.6. The zero-order valence-corrected chi connectivity index (χ0v) is 11.3. The van der Waals surface area contributed by atoms with E-state index >= 15 is 0 Å². The van der Waals surface area contributed by atoms with Crippen molar-refractivity contribution in [1.29, 1.82) is 0 Å². The summed E-state index contributed by atoms with van der Waals surface area (Å²) in [5, 5.41) is -0.529. The van der Waals surface area contributed by atoms with Crippen molar-refractivity contribution in [2.45, 2.75) is 20.8 Å². The van der Waals surface area contributed by atoms with Crippen molar-refractivity contribution in [3.8, 4) is 0 Å². The highest BCUT2D eigenvalue weighted by atomic mass is 35.5. The summed E-state index contributed by atoms with van der Waals surface area (Å²) >= 11 is 5.35. The molecule has 0 unspecified atom stereocenters. The van der Waals surface area contributed by atoms with Crippen LogP contribution in [0.15, 0.2) is 0 Å². The monoisotopic (exact) mass is 271 g/mol. The molecule has 0 aliphatic heterocycles. The average Bonchev–Trinajstić information content (AvgIpc) is 2.16. The fourth-order valence-corrected chi connectivity index (χ4v) is 2.48. The molecule has 0 atom stereocenters. The van der Waals surface area contributed by atoms with Gasteiger partial charge in [0.25, 0.3) is 0 Å². The Morgan fingerprint density at radius 1 is 1.44 bits per heavy atom. The van der Waals surface area contributed by atoms with E-state index in [1.807, 2.05) is 13.8 Å². The molecule has 0 N–H and O–H groups in total. The highest BCUT2D eigenvalue weighted by Crippen LogP contribution is 2.08. The maximum Gasteiger partial charge on any atom is 0.321 e. The molecular weight excluding hydrogens is 254 g/mol. The second-order valence-electron chi connectivity index (χ2n) is 3.71. The molecule has 96 valence electrons. The van der Waals surface area contributed by atoms with E-state index in [2.05, 4.69) is 0 Å². The van der Waals surface area contributed by atoms with Crippen LogP contribution in [0, 0.1) is 5.92 Å². The van der Waals surface area contributed by atoms with E-state index < -0.39 is 21.2 Å². The summed E-state index contributed by atoms with van der Waals surface area (Å²) in [6.45, 7) is 5.61. The molecule has 7 heteroatoms. The lowest BCUT2D eigenvalue weighted by Crippen LogP contribution is -2.39. The summed E-state index contributed by atoms with van der Waals surface area (Å²) in [6.07, 6.45) is 0. The number of ether oxygens (including phenoxy) is 1. The van der Waals surface area contributed by atoms with E-state index in [1.165, 1.54) is 0 Å². The summed E-state index contributed by atoms with van der Waals surface area (Å²) in [6, 6.07) is 0. The Morgan fingerprint density at radius 2 is 2.00 bits per heavy atom. The number of carbonyl (C=O) groups excluding carboxylic acids is 1. The Kier molecular flexibility index (Phi) is 6.94. The summed E-state index contributed by atoms with van der Waals surface area (Å²) < 4.78 is 28.9. The molecule has 5 nitrogen and oxygen atoms in total. The van der Waals surface area contributed by atoms with Gasteiger partial charge in [0.05, 0.1) is 6.61 Å². The Hall–Kier alpha value is -0.330. The zero-order chi connectivity index (χ0) is 12.8. The van der Waals surface area contributed by atoms with Crippen LogP contribution in [-0.2, 0) is 19.6 Å². The van der Waals surface area contributed by atoms with Crippen molar-refractivity contribution in [2.75, 3.05) is 24.9 Å². The van der Waals surface area contributed by atoms with Gasteiger partial charge in [0.15, 0.2) is 0 Å². The van der Waals surface area contributed by atoms with Crippen LogP contribution in [0.4, 0.5) is 0 Å². The molecule has 0 amide bonds. The predicted octanol–water partition coefficient (Wildman–Crippen LogP) is 1.03. The lowest BCUT2D eigenvalue weighted by atomic mass is 10.2. The Bertz CT molecular complexity index is 315. The van der Waals surface area contributed by atoms with Crippen LogP contribution in [-0.4, -0.2) is 43.6 Å². The van der Waals surface area contributed by atoms with Crippen molar-refractivity contribution in [1.82, 2.24) is 4.31 Å². The average molecular weight is 272 g/mol. The molecule has 16 heavy (non-hydrogen) atoms. The molecule has 0 aromatic heterocycles. The van der Waals surface area contributed by atoms with Gasteiger partial charge in [-0.15, -0.1) is 11.6 Å². The van der Waals surface area contributed by atoms with Crippen LogP contribution in [0.25, 0.3) is 0 Å². The molecule has 0 saturated carbocycles. The highest BCUT2D eigenvalue weighted by molar-refractivity contribution is 7.90. The Labute approximate surface area is 102 Å². The number of carbonyl (C=O) groups is 1. The number of hydrogen-bond acceptors (Lipinski definition) is 4. The van der Waals surface area contributed by atoms with Crippen molar-refractivity contribution < 1.29 is 17.9 Å². The molecule has 0 saturated heterocycles. The van der Waals surface area contributed by atoms with Gasteiger partial charge in [0.2, 0.25) is 10.0 Å². The summed E-state index contributed by atoms with van der Waals surface area (Å²) in [5.74, 6) is -0.441. The Morgan fingerprint density at radius 3 is 2.38 bits per heavy atom. The smallest absolute Gasteiger partial charge is 0.321 e. The quantitative estimate of drug-likeness (QED) is 0.513. The van der Waals surface area contributed by atoms with Gasteiger partial charge in [-0.05, 0) is 12.8 Å². The molecule has 0 bridgehead atoms. The second-order valence-corrected chi connectivity index (χ2v) is 6.27. The van der Waals surface area contributed by atoms with Gasteiger partial charge in [0, 0.05) is 6.54 Å². The van der Waals surface area contributed by atoms with Crippen LogP contribution in [0.3, 0.4) is 0 Å². The largest absolute Gasteiger partial charge is 0.465 e. The number of halogens is 1. The minimum Gasteiger partial charge on any atom is -0.465 e. The first kappa shape index (κ1) is 15.7. The third-order valence-electron chi connectivity index (χ3n) is 1.71. The van der Waals surface area contributed by atoms with Gasteiger partial charge in [-0.1, -0.05) is 13.8 Å². The topological polar surface area (TPSA) is 63.7 Å². The van der Waals surface area contributed by atoms with Crippen LogP contribution in [0.5, 0.6) is 0 Å². The highest BCUT2D eigenvalue weighted by Gasteiger charge is 2.24. The summed E-state index contributed by atoms with van der Waals surface area (Å²) in [7, 11) is -3.57. The minimum absolute atomic E-state index is 0.118. The van der Waals surface area contributed by atoms with Crippen LogP contribution >= 0.6 is 11.6 Å². The van der Waals surface area contributed by atoms with E-state index in [-0.39, 0.29) is 25.6 Å². The van der Waals surface area contributed by atoms with E-state index in [0.717, 1.165) is 4.31 Å². The molecular formula is C9H18ClNO4S. The second kappa shape index (κ2) is 7.09. The molecule has 0 radical (unpaired) electrons. The lowest BCUT2D eigenvalue weighted by Gasteiger charge is -2.21. The van der Waals surface area contributed by atoms with Crippen molar-refractivity contribution in [3.05, 3.63) is 0 Å². The van der Waals surface area contributed by atoms with Gasteiger partial charge in [-0.3, -0.25) is 4.79 Å². The Balaban J connectivity index is 4.63. The SMILES string of the molecule is CCOC(=O)CN(CC(C)C)S(=O)(=O)CCl. The van der Waals surface area contributed by atoms with Crippen molar-refractivity contribution in [3.63, 3.8) is 0 Å². The fraction of sp³-hybridized carbons (Fsp3) is 0.889. The first-order chi connectivity index (χ1) is 7.33. The van der Waals surface area contributed by atoms with E-state index in [9.17, 15) is 13.2 Å². The number of esters is 1. The molecule has 0 heterocycles. The fourth-order valence-electron chi connectivity index (χ4n) is 1.10. The normalized spacial score (nSPS) is 12.1. The minimum atomic E-state index is -3.57. The van der Waals surface area contributed by atoms with Crippen LogP contribution in [0.2, 0.25) is 0 Å². The molecule has 0 spiro atoms. The first-order valence-corrected chi connectivity index (χ1v) is 7.17. The van der Waals surface area contributed by atoms with Crippen molar-refractivity contribution >= 4 is 27.6 Å². The molecule has 0 rings (SSSR count). The number of hydrogen-bond donors (Lipinski definition) is 0. The summed E-state index contributed by atoms with van der Waals surface area (Å²) in [5.41, 5.74) is 0. The third-order valence-corrected chi connectivity index (χ3v) is 3.88. The number of alkyl halides is 1. The van der Waals surface area contributed by atoms with Gasteiger partial charge in [-0.2, -0.15) is 4.31 Å². The van der Waals surface area contributed by atoms with Crippen LogP contribution in [0.1, 0.15) is 20.8 Å². The molecule has 0 aromatic rings. The zero-order valence-electron chi connectivity index (χ0n) is 9.77. The number of nitrogens with zero attached hydrogens (tertiary/aromatic N) is 1. The van der Waals surface area contributed by atoms with Gasteiger partial charge in [-0.25, -0.2) is 8.42 Å². The third kappa shape index (κ3) is 5.67. The molecule has 0 aromatic carbocycles. The van der Waals surface area contributed by atoms with E-state index in [4.69, 9.17) is 16.3 Å². The van der Waals surface area contributed by atoms with Gasteiger partial charge >= 0.3 is 5.97 Å². The van der Waals surface area contributed by atoms with Gasteiger partial charge in [0.1, 0.15) is 11.8 Å². The van der Waals surface area contributed by atoms with E-state index in [0.29, 0.717) is 0 Å². The van der Waals surface area contributed by atoms with Crippen molar-refractivity contribution in [2.24, 2.45) is 5.92 Å². The first-order valence-electron chi connectivity index (χ1n) is 5.02. The standard InChI is InChI=1S/C9H18ClNO4S/c1-4-15-9(12)6-11(5-8(2)3)16(13,14)7-10/h8H,4-7H2,1-3H3. The van der Waals surface area contributed by atoms with Gasteiger partial charge < -0.3 is 4.74 Å². The molecule has 0 aliphatic carbocycles. The molecule has 0 aliphatic rings. The molecule has 0 fully saturated rings. The number of rotatable bonds is 7. The predicted molar refractivity (Wildman–Crippen MR) is 62.7 cm³/mol. The number of sulfonamides is 1. The van der Waals surface area contributed by atoms with Crippen LogP contribution < -0.4 is 0 Å². The summed E-state index contributed by atoms with van der Waals surface area (Å²) in [4.78, 5) is 11.2.